The SMILES string of the molecule is Cc1ccc(Cl)c(NCC(C#N)C(F)(F)F)c1. The molecule has 0 saturated carbocycles. The van der Waals surface area contributed by atoms with Crippen LogP contribution in [0.15, 0.2) is 18.2 Å². The molecule has 0 aliphatic rings. The Balaban J connectivity index is 2.73. The number of rotatable bonds is 3. The molecule has 0 amide bonds. The summed E-state index contributed by atoms with van der Waals surface area (Å²) in [6.45, 7) is 1.29. The molecule has 1 unspecified atom stereocenters. The molecule has 2 nitrogen and oxygen atoms in total. The van der Waals surface area contributed by atoms with Gasteiger partial charge in [0.05, 0.1) is 16.8 Å². The van der Waals surface area contributed by atoms with Gasteiger partial charge in [0.2, 0.25) is 0 Å². The van der Waals surface area contributed by atoms with Gasteiger partial charge in [0.25, 0.3) is 0 Å². The van der Waals surface area contributed by atoms with Gasteiger partial charge in [-0.05, 0) is 24.6 Å². The zero-order chi connectivity index (χ0) is 13.1. The van der Waals surface area contributed by atoms with Crippen molar-refractivity contribution in [1.82, 2.24) is 0 Å². The summed E-state index contributed by atoms with van der Waals surface area (Å²) in [6.07, 6.45) is -4.53. The van der Waals surface area contributed by atoms with Crippen molar-refractivity contribution in [2.75, 3.05) is 11.9 Å². The fraction of sp³-hybridized carbons (Fsp3) is 0.364. The van der Waals surface area contributed by atoms with Crippen molar-refractivity contribution in [1.29, 1.82) is 5.26 Å². The number of benzene rings is 1. The number of halogens is 4. The van der Waals surface area contributed by atoms with Crippen LogP contribution in [-0.4, -0.2) is 12.7 Å². The van der Waals surface area contributed by atoms with E-state index in [1.807, 2.05) is 0 Å². The van der Waals surface area contributed by atoms with Gasteiger partial charge in [0.1, 0.15) is 0 Å². The maximum Gasteiger partial charge on any atom is 0.406 e. The molecule has 92 valence electrons. The highest BCUT2D eigenvalue weighted by Crippen LogP contribution is 2.28. The van der Waals surface area contributed by atoms with Crippen LogP contribution in [0.1, 0.15) is 5.56 Å². The molecule has 0 spiro atoms. The van der Waals surface area contributed by atoms with Gasteiger partial charge in [-0.25, -0.2) is 0 Å². The van der Waals surface area contributed by atoms with Crippen molar-refractivity contribution >= 4 is 17.3 Å². The maximum absolute atomic E-state index is 12.3. The summed E-state index contributed by atoms with van der Waals surface area (Å²) in [4.78, 5) is 0. The molecule has 1 atom stereocenters. The second kappa shape index (κ2) is 5.28. The lowest BCUT2D eigenvalue weighted by Crippen LogP contribution is -2.28. The molecule has 0 fully saturated rings. The smallest absolute Gasteiger partial charge is 0.382 e. The first-order chi connectivity index (χ1) is 7.84. The first-order valence-corrected chi connectivity index (χ1v) is 5.18. The van der Waals surface area contributed by atoms with Gasteiger partial charge in [0, 0.05) is 6.54 Å². The molecule has 17 heavy (non-hydrogen) atoms. The number of nitrogens with zero attached hydrogens (tertiary/aromatic N) is 1. The first kappa shape index (κ1) is 13.7. The molecule has 0 aliphatic carbocycles. The molecule has 6 heteroatoms. The van der Waals surface area contributed by atoms with Crippen molar-refractivity contribution < 1.29 is 13.2 Å². The number of anilines is 1. The van der Waals surface area contributed by atoms with Crippen molar-refractivity contribution in [2.24, 2.45) is 5.92 Å². The van der Waals surface area contributed by atoms with Crippen molar-refractivity contribution in [3.8, 4) is 6.07 Å². The van der Waals surface area contributed by atoms with Crippen LogP contribution in [0.4, 0.5) is 18.9 Å². The Hall–Kier alpha value is -1.41. The molecule has 0 radical (unpaired) electrons. The highest BCUT2D eigenvalue weighted by atomic mass is 35.5. The minimum absolute atomic E-state index is 0.328. The maximum atomic E-state index is 12.3. The Morgan fingerprint density at radius 3 is 2.65 bits per heavy atom. The van der Waals surface area contributed by atoms with E-state index in [4.69, 9.17) is 16.9 Å². The topological polar surface area (TPSA) is 35.8 Å². The minimum Gasteiger partial charge on any atom is -0.382 e. The highest BCUT2D eigenvalue weighted by Gasteiger charge is 2.39. The zero-order valence-electron chi connectivity index (χ0n) is 8.98. The molecule has 0 heterocycles. The molecule has 1 aromatic carbocycles. The quantitative estimate of drug-likeness (QED) is 0.900. The second-order valence-corrected chi connectivity index (χ2v) is 3.99. The monoisotopic (exact) mass is 262 g/mol. The van der Waals surface area contributed by atoms with Crippen LogP contribution in [0, 0.1) is 24.2 Å². The molecule has 0 saturated heterocycles. The Labute approximate surface area is 102 Å². The second-order valence-electron chi connectivity index (χ2n) is 3.59. The van der Waals surface area contributed by atoms with Gasteiger partial charge in [-0.1, -0.05) is 17.7 Å². The van der Waals surface area contributed by atoms with E-state index < -0.39 is 18.6 Å². The summed E-state index contributed by atoms with van der Waals surface area (Å²) in [5, 5.41) is 11.3. The first-order valence-electron chi connectivity index (χ1n) is 4.81. The summed E-state index contributed by atoms with van der Waals surface area (Å²) in [5.74, 6) is -2.04. The van der Waals surface area contributed by atoms with E-state index in [1.54, 1.807) is 25.1 Å². The largest absolute Gasteiger partial charge is 0.406 e. The Bertz CT molecular complexity index is 437. The number of alkyl halides is 3. The van der Waals surface area contributed by atoms with Crippen LogP contribution in [0.3, 0.4) is 0 Å². The van der Waals surface area contributed by atoms with E-state index >= 15 is 0 Å². The van der Waals surface area contributed by atoms with Gasteiger partial charge in [-0.15, -0.1) is 0 Å². The number of nitriles is 1. The van der Waals surface area contributed by atoms with Crippen molar-refractivity contribution in [3.05, 3.63) is 28.8 Å². The predicted octanol–water partition coefficient (Wildman–Crippen LogP) is 3.76. The average molecular weight is 263 g/mol. The zero-order valence-corrected chi connectivity index (χ0v) is 9.73. The lowest BCUT2D eigenvalue weighted by Gasteiger charge is -2.15. The lowest BCUT2D eigenvalue weighted by atomic mass is 10.1. The molecule has 1 rings (SSSR count). The molecule has 0 aromatic heterocycles. The van der Waals surface area contributed by atoms with E-state index in [0.29, 0.717) is 10.7 Å². The molecule has 1 aromatic rings. The fourth-order valence-corrected chi connectivity index (χ4v) is 1.41. The van der Waals surface area contributed by atoms with Crippen LogP contribution in [0.2, 0.25) is 5.02 Å². The predicted molar refractivity (Wildman–Crippen MR) is 59.8 cm³/mol. The fourth-order valence-electron chi connectivity index (χ4n) is 1.22. The third-order valence-electron chi connectivity index (χ3n) is 2.17. The molecule has 1 N–H and O–H groups in total. The Kier molecular flexibility index (Phi) is 4.24. The van der Waals surface area contributed by atoms with Gasteiger partial charge < -0.3 is 5.32 Å². The minimum atomic E-state index is -4.53. The van der Waals surface area contributed by atoms with E-state index in [2.05, 4.69) is 5.32 Å². The summed E-state index contributed by atoms with van der Waals surface area (Å²) in [7, 11) is 0. The van der Waals surface area contributed by atoms with Gasteiger partial charge in [-0.2, -0.15) is 18.4 Å². The van der Waals surface area contributed by atoms with Crippen molar-refractivity contribution in [2.45, 2.75) is 13.1 Å². The van der Waals surface area contributed by atoms with Crippen LogP contribution in [-0.2, 0) is 0 Å². The number of hydrogen-bond acceptors (Lipinski definition) is 2. The Morgan fingerprint density at radius 1 is 1.47 bits per heavy atom. The Morgan fingerprint density at radius 2 is 2.12 bits per heavy atom. The van der Waals surface area contributed by atoms with Gasteiger partial charge in [-0.3, -0.25) is 0 Å². The standard InChI is InChI=1S/C11H10ClF3N2/c1-7-2-3-9(12)10(4-7)17-6-8(5-16)11(13,14)15/h2-4,8,17H,6H2,1H3. The van der Waals surface area contributed by atoms with E-state index in [9.17, 15) is 13.2 Å². The molecular formula is C11H10ClF3N2. The molecule has 0 bridgehead atoms. The number of nitrogens with one attached hydrogen (secondary N) is 1. The van der Waals surface area contributed by atoms with Crippen LogP contribution in [0.5, 0.6) is 0 Å². The van der Waals surface area contributed by atoms with Crippen molar-refractivity contribution in [3.63, 3.8) is 0 Å². The van der Waals surface area contributed by atoms with Crippen LogP contribution < -0.4 is 5.32 Å². The summed E-state index contributed by atoms with van der Waals surface area (Å²) < 4.78 is 36.9. The summed E-state index contributed by atoms with van der Waals surface area (Å²) in [6, 6.07) is 6.19. The normalized spacial score (nSPS) is 12.9. The van der Waals surface area contributed by atoms with Crippen LogP contribution >= 0.6 is 11.6 Å². The van der Waals surface area contributed by atoms with Gasteiger partial charge in [0.15, 0.2) is 5.92 Å². The van der Waals surface area contributed by atoms with E-state index in [1.165, 1.54) is 6.07 Å². The van der Waals surface area contributed by atoms with E-state index in [-0.39, 0.29) is 0 Å². The van der Waals surface area contributed by atoms with Gasteiger partial charge >= 0.3 is 6.18 Å². The number of aryl methyl sites for hydroxylation is 1. The lowest BCUT2D eigenvalue weighted by molar-refractivity contribution is -0.155. The van der Waals surface area contributed by atoms with Crippen LogP contribution in [0.25, 0.3) is 0 Å². The summed E-state index contributed by atoms with van der Waals surface area (Å²) in [5.41, 5.74) is 1.27. The molecular weight excluding hydrogens is 253 g/mol. The number of hydrogen-bond donors (Lipinski definition) is 1. The third-order valence-corrected chi connectivity index (χ3v) is 2.50. The highest BCUT2D eigenvalue weighted by molar-refractivity contribution is 6.33. The summed E-state index contributed by atoms with van der Waals surface area (Å²) >= 11 is 5.81. The molecule has 0 aliphatic heterocycles. The average Bonchev–Trinajstić information content (AvgIpc) is 2.22. The third kappa shape index (κ3) is 3.82. The van der Waals surface area contributed by atoms with E-state index in [0.717, 1.165) is 5.56 Å².